The molecule has 0 atom stereocenters. The first-order valence-corrected chi connectivity index (χ1v) is 6.23. The molecule has 3 nitrogen and oxygen atoms in total. The number of alkyl halides is 2. The van der Waals surface area contributed by atoms with Crippen molar-refractivity contribution in [3.63, 3.8) is 0 Å². The second kappa shape index (κ2) is 3.68. The number of hydrogen-bond acceptors (Lipinski definition) is 3. The predicted molar refractivity (Wildman–Crippen MR) is 51.6 cm³/mol. The highest BCUT2D eigenvalue weighted by molar-refractivity contribution is 8.13. The summed E-state index contributed by atoms with van der Waals surface area (Å²) in [5.74, 6) is -3.27. The van der Waals surface area contributed by atoms with Crippen LogP contribution in [0.15, 0.2) is 17.2 Å². The highest BCUT2D eigenvalue weighted by Crippen LogP contribution is 2.34. The topological polar surface area (TPSA) is 47.0 Å². The maximum Gasteiger partial charge on any atom is 0.271 e. The maximum absolute atomic E-state index is 13.1. The summed E-state index contributed by atoms with van der Waals surface area (Å²) >= 11 is 0. The van der Waals surface area contributed by atoms with Crippen LogP contribution in [0, 0.1) is 6.92 Å². The molecule has 0 N–H and O–H groups in total. The molecule has 0 bridgehead atoms. The molecule has 7 heteroatoms. The Morgan fingerprint density at radius 1 is 1.47 bits per heavy atom. The monoisotopic (exact) mass is 255 g/mol. The van der Waals surface area contributed by atoms with E-state index in [2.05, 4.69) is 4.98 Å². The smallest absolute Gasteiger partial charge is 0.260 e. The molecule has 0 aliphatic rings. The zero-order chi connectivity index (χ0) is 11.9. The average molecular weight is 256 g/mol. The fraction of sp³-hybridized carbons (Fsp3) is 0.375. The van der Waals surface area contributed by atoms with E-state index in [0.29, 0.717) is 6.92 Å². The fourth-order valence-electron chi connectivity index (χ4n) is 1.21. The van der Waals surface area contributed by atoms with Crippen LogP contribution in [0.3, 0.4) is 0 Å². The number of pyridine rings is 1. The zero-order valence-electron chi connectivity index (χ0n) is 7.96. The first kappa shape index (κ1) is 12.3. The predicted octanol–water partition coefficient (Wildman–Crippen LogP) is 2.43. The minimum atomic E-state index is -4.22. The summed E-state index contributed by atoms with van der Waals surface area (Å²) in [6, 6.07) is 0.947. The molecule has 84 valence electrons. The number of aryl methyl sites for hydroxylation is 1. The summed E-state index contributed by atoms with van der Waals surface area (Å²) in [6.07, 6.45) is 1.12. The van der Waals surface area contributed by atoms with Crippen LogP contribution < -0.4 is 0 Å². The number of hydrogen-bond donors (Lipinski definition) is 0. The largest absolute Gasteiger partial charge is 0.271 e. The molecule has 15 heavy (non-hydrogen) atoms. The lowest BCUT2D eigenvalue weighted by Gasteiger charge is -2.14. The standard InChI is InChI=1S/C8H8ClF2NO2S/c1-5-7(15(9,13)14)6(3-4-12-5)8(2,10)11/h3-4H,1-2H3. The molecule has 0 radical (unpaired) electrons. The maximum atomic E-state index is 13.1. The molecule has 1 rings (SSSR count). The van der Waals surface area contributed by atoms with Gasteiger partial charge in [-0.2, -0.15) is 0 Å². The van der Waals surface area contributed by atoms with Gasteiger partial charge in [0.1, 0.15) is 4.90 Å². The number of aromatic nitrogens is 1. The molecular formula is C8H8ClF2NO2S. The Kier molecular flexibility index (Phi) is 3.02. The van der Waals surface area contributed by atoms with Gasteiger partial charge in [0.2, 0.25) is 0 Å². The second-order valence-corrected chi connectivity index (χ2v) is 5.60. The van der Waals surface area contributed by atoms with Gasteiger partial charge in [-0.1, -0.05) is 0 Å². The summed E-state index contributed by atoms with van der Waals surface area (Å²) < 4.78 is 48.4. The van der Waals surface area contributed by atoms with E-state index < -0.39 is 25.4 Å². The van der Waals surface area contributed by atoms with Crippen LogP contribution in [0.5, 0.6) is 0 Å². The molecule has 0 aromatic carbocycles. The lowest BCUT2D eigenvalue weighted by atomic mass is 10.1. The lowest BCUT2D eigenvalue weighted by molar-refractivity contribution is 0.0142. The van der Waals surface area contributed by atoms with Gasteiger partial charge < -0.3 is 0 Å². The van der Waals surface area contributed by atoms with Crippen molar-refractivity contribution in [3.8, 4) is 0 Å². The summed E-state index contributed by atoms with van der Waals surface area (Å²) in [7, 11) is 0.856. The van der Waals surface area contributed by atoms with E-state index in [-0.39, 0.29) is 5.69 Å². The highest BCUT2D eigenvalue weighted by Gasteiger charge is 2.33. The van der Waals surface area contributed by atoms with Crippen molar-refractivity contribution in [1.82, 2.24) is 4.98 Å². The van der Waals surface area contributed by atoms with Gasteiger partial charge in [0.15, 0.2) is 0 Å². The number of halogens is 3. The van der Waals surface area contributed by atoms with E-state index in [4.69, 9.17) is 10.7 Å². The Morgan fingerprint density at radius 3 is 2.33 bits per heavy atom. The Labute approximate surface area is 90.5 Å². The van der Waals surface area contributed by atoms with Crippen molar-refractivity contribution in [1.29, 1.82) is 0 Å². The van der Waals surface area contributed by atoms with Crippen LogP contribution in [0.1, 0.15) is 18.2 Å². The van der Waals surface area contributed by atoms with E-state index in [1.807, 2.05) is 0 Å². The van der Waals surface area contributed by atoms with Crippen LogP contribution in [0.2, 0.25) is 0 Å². The third-order valence-corrected chi connectivity index (χ3v) is 3.27. The van der Waals surface area contributed by atoms with E-state index in [1.54, 1.807) is 0 Å². The van der Waals surface area contributed by atoms with Gasteiger partial charge in [-0.05, 0) is 13.0 Å². The van der Waals surface area contributed by atoms with Crippen molar-refractivity contribution in [2.24, 2.45) is 0 Å². The summed E-state index contributed by atoms with van der Waals surface area (Å²) in [5, 5.41) is 0. The zero-order valence-corrected chi connectivity index (χ0v) is 9.53. The molecule has 0 saturated carbocycles. The van der Waals surface area contributed by atoms with Crippen LogP contribution in [0.4, 0.5) is 8.78 Å². The molecular weight excluding hydrogens is 248 g/mol. The quantitative estimate of drug-likeness (QED) is 0.763. The van der Waals surface area contributed by atoms with E-state index in [1.165, 1.54) is 6.92 Å². The lowest BCUT2D eigenvalue weighted by Crippen LogP contribution is -2.14. The van der Waals surface area contributed by atoms with Gasteiger partial charge in [0.05, 0.1) is 5.69 Å². The summed E-state index contributed by atoms with van der Waals surface area (Å²) in [5.41, 5.74) is -0.672. The molecule has 0 amide bonds. The van der Waals surface area contributed by atoms with Crippen molar-refractivity contribution >= 4 is 19.7 Å². The Balaban J connectivity index is 3.63. The first-order valence-electron chi connectivity index (χ1n) is 3.92. The van der Waals surface area contributed by atoms with Crippen LogP contribution in [-0.4, -0.2) is 13.4 Å². The minimum absolute atomic E-state index is 0.0379. The summed E-state index contributed by atoms with van der Waals surface area (Å²) in [4.78, 5) is 3.01. The van der Waals surface area contributed by atoms with Gasteiger partial charge in [-0.15, -0.1) is 0 Å². The minimum Gasteiger partial charge on any atom is -0.260 e. The van der Waals surface area contributed by atoms with Gasteiger partial charge in [-0.3, -0.25) is 4.98 Å². The fourth-order valence-corrected chi connectivity index (χ4v) is 2.71. The van der Waals surface area contributed by atoms with Crippen LogP contribution >= 0.6 is 10.7 Å². The van der Waals surface area contributed by atoms with Gasteiger partial charge >= 0.3 is 0 Å². The van der Waals surface area contributed by atoms with Gasteiger partial charge in [0, 0.05) is 29.4 Å². The highest BCUT2D eigenvalue weighted by atomic mass is 35.7. The Hall–Kier alpha value is -0.750. The molecule has 0 fully saturated rings. The SMILES string of the molecule is Cc1nccc(C(C)(F)F)c1S(=O)(=O)Cl. The van der Waals surface area contributed by atoms with Crippen LogP contribution in [-0.2, 0) is 15.0 Å². The molecule has 0 aliphatic carbocycles. The number of rotatable bonds is 2. The van der Waals surface area contributed by atoms with E-state index >= 15 is 0 Å². The molecule has 0 saturated heterocycles. The third kappa shape index (κ3) is 2.63. The van der Waals surface area contributed by atoms with Gasteiger partial charge in [-0.25, -0.2) is 17.2 Å². The van der Waals surface area contributed by atoms with Crippen molar-refractivity contribution < 1.29 is 17.2 Å². The van der Waals surface area contributed by atoms with Gasteiger partial charge in [0.25, 0.3) is 15.0 Å². The summed E-state index contributed by atoms with van der Waals surface area (Å²) in [6.45, 7) is 1.91. The van der Waals surface area contributed by atoms with Crippen molar-refractivity contribution in [2.75, 3.05) is 0 Å². The molecule has 1 heterocycles. The Morgan fingerprint density at radius 2 is 2.00 bits per heavy atom. The van der Waals surface area contributed by atoms with Crippen molar-refractivity contribution in [3.05, 3.63) is 23.5 Å². The molecule has 0 unspecified atom stereocenters. The van der Waals surface area contributed by atoms with Crippen molar-refractivity contribution in [2.45, 2.75) is 24.7 Å². The number of nitrogens with zero attached hydrogens (tertiary/aromatic N) is 1. The molecule has 1 aromatic heterocycles. The Bertz CT molecular complexity index is 482. The van der Waals surface area contributed by atoms with E-state index in [0.717, 1.165) is 12.3 Å². The average Bonchev–Trinajstić information content (AvgIpc) is 1.99. The third-order valence-electron chi connectivity index (χ3n) is 1.80. The normalized spacial score (nSPS) is 12.9. The molecule has 0 spiro atoms. The molecule has 1 aromatic rings. The molecule has 0 aliphatic heterocycles. The first-order chi connectivity index (χ1) is 6.64. The van der Waals surface area contributed by atoms with E-state index in [9.17, 15) is 17.2 Å². The van der Waals surface area contributed by atoms with Crippen LogP contribution in [0.25, 0.3) is 0 Å². The second-order valence-electron chi connectivity index (χ2n) is 3.10.